The highest BCUT2D eigenvalue weighted by Crippen LogP contribution is 2.21. The van der Waals surface area contributed by atoms with Crippen molar-refractivity contribution in [2.45, 2.75) is 38.8 Å². The first kappa shape index (κ1) is 15.5. The van der Waals surface area contributed by atoms with Crippen molar-refractivity contribution < 1.29 is 19.4 Å². The Morgan fingerprint density at radius 3 is 2.81 bits per heavy atom. The van der Waals surface area contributed by atoms with Gasteiger partial charge in [-0.1, -0.05) is 32.0 Å². The lowest BCUT2D eigenvalue weighted by molar-refractivity contribution is -0.131. The molecule has 5 heteroatoms. The molecule has 21 heavy (non-hydrogen) atoms. The predicted octanol–water partition coefficient (Wildman–Crippen LogP) is 1.29. The summed E-state index contributed by atoms with van der Waals surface area (Å²) in [5, 5.41) is 11.9. The Bertz CT molecular complexity index is 527. The maximum absolute atomic E-state index is 12.3. The molecule has 0 fully saturated rings. The van der Waals surface area contributed by atoms with Gasteiger partial charge in [0.2, 0.25) is 0 Å². The number of hydrogen-bond donors (Lipinski definition) is 2. The van der Waals surface area contributed by atoms with Crippen molar-refractivity contribution in [3.05, 3.63) is 35.4 Å². The van der Waals surface area contributed by atoms with Crippen LogP contribution in [0.15, 0.2) is 24.3 Å². The zero-order valence-electron chi connectivity index (χ0n) is 12.3. The van der Waals surface area contributed by atoms with E-state index in [0.717, 1.165) is 5.56 Å². The number of hydrogen-bond acceptors (Lipinski definition) is 4. The molecule has 0 aromatic heterocycles. The Morgan fingerprint density at radius 1 is 1.43 bits per heavy atom. The van der Waals surface area contributed by atoms with E-state index in [4.69, 9.17) is 9.84 Å². The van der Waals surface area contributed by atoms with E-state index in [1.807, 2.05) is 26.0 Å². The van der Waals surface area contributed by atoms with Crippen LogP contribution >= 0.6 is 0 Å². The van der Waals surface area contributed by atoms with Crippen LogP contribution in [0, 0.1) is 5.92 Å². The zero-order chi connectivity index (χ0) is 15.4. The molecule has 1 aromatic rings. The molecule has 1 heterocycles. The molecule has 0 saturated carbocycles. The number of nitrogens with one attached hydrogen (secondary N) is 1. The number of esters is 1. The highest BCUT2D eigenvalue weighted by Gasteiger charge is 2.32. The predicted molar refractivity (Wildman–Crippen MR) is 77.8 cm³/mol. The molecule has 0 radical (unpaired) electrons. The van der Waals surface area contributed by atoms with Gasteiger partial charge in [0.05, 0.1) is 5.56 Å². The second-order valence-electron chi connectivity index (χ2n) is 5.63. The summed E-state index contributed by atoms with van der Waals surface area (Å²) in [5.74, 6) is -0.557. The Balaban J connectivity index is 2.06. The van der Waals surface area contributed by atoms with Crippen LogP contribution in [0.1, 0.15) is 36.2 Å². The molecule has 2 N–H and O–H groups in total. The topological polar surface area (TPSA) is 75.6 Å². The lowest BCUT2D eigenvalue weighted by Gasteiger charge is -2.27. The van der Waals surface area contributed by atoms with Crippen LogP contribution in [0.3, 0.4) is 0 Å². The van der Waals surface area contributed by atoms with E-state index in [-0.39, 0.29) is 24.5 Å². The molecule has 0 saturated heterocycles. The molecule has 1 aliphatic heterocycles. The molecule has 0 spiro atoms. The normalized spacial score (nSPS) is 18.9. The summed E-state index contributed by atoms with van der Waals surface area (Å²) in [6.45, 7) is 3.96. The van der Waals surface area contributed by atoms with Crippen molar-refractivity contribution in [3.8, 4) is 0 Å². The van der Waals surface area contributed by atoms with Gasteiger partial charge >= 0.3 is 5.97 Å². The maximum Gasteiger partial charge on any atom is 0.339 e. The van der Waals surface area contributed by atoms with Crippen LogP contribution < -0.4 is 5.32 Å². The summed E-state index contributed by atoms with van der Waals surface area (Å²) in [6, 6.07) is 7.03. The molecule has 5 nitrogen and oxygen atoms in total. The van der Waals surface area contributed by atoms with Crippen LogP contribution in [0.5, 0.6) is 0 Å². The molecular weight excluding hydrogens is 270 g/mol. The highest BCUT2D eigenvalue weighted by molar-refractivity contribution is 5.95. The second kappa shape index (κ2) is 6.72. The van der Waals surface area contributed by atoms with E-state index in [1.54, 1.807) is 12.1 Å². The number of benzene rings is 1. The molecule has 114 valence electrons. The quantitative estimate of drug-likeness (QED) is 0.802. The summed E-state index contributed by atoms with van der Waals surface area (Å²) in [7, 11) is 0. The number of carbonyl (C=O) groups is 2. The summed E-state index contributed by atoms with van der Waals surface area (Å²) in [6.07, 6.45) is 0.0746. The molecule has 2 atom stereocenters. The summed E-state index contributed by atoms with van der Waals surface area (Å²) >= 11 is 0. The lowest BCUT2D eigenvalue weighted by Crippen LogP contribution is -2.47. The zero-order valence-corrected chi connectivity index (χ0v) is 12.3. The average Bonchev–Trinajstić information content (AvgIpc) is 2.46. The van der Waals surface area contributed by atoms with Gasteiger partial charge in [0.25, 0.3) is 5.91 Å². The van der Waals surface area contributed by atoms with Crippen LogP contribution in [0.4, 0.5) is 0 Å². The van der Waals surface area contributed by atoms with Crippen LogP contribution in [0.25, 0.3) is 0 Å². The fourth-order valence-electron chi connectivity index (χ4n) is 2.46. The minimum Gasteiger partial charge on any atom is -0.448 e. The standard InChI is InChI=1S/C16H21NO4/c1-10(2)13(7-8-18)17-15(19)14-9-11-5-3-4-6-12(11)16(20)21-14/h3-6,10,13-14,18H,7-9H2,1-2H3,(H,17,19)/t13-,14+/m1/s1. The van der Waals surface area contributed by atoms with E-state index >= 15 is 0 Å². The van der Waals surface area contributed by atoms with E-state index in [1.165, 1.54) is 0 Å². The van der Waals surface area contributed by atoms with Gasteiger partial charge < -0.3 is 15.2 Å². The largest absolute Gasteiger partial charge is 0.448 e. The van der Waals surface area contributed by atoms with E-state index in [2.05, 4.69) is 5.32 Å². The van der Waals surface area contributed by atoms with Gasteiger partial charge in [0, 0.05) is 19.1 Å². The molecule has 0 aliphatic carbocycles. The smallest absolute Gasteiger partial charge is 0.339 e. The minimum atomic E-state index is -0.799. The Morgan fingerprint density at radius 2 is 2.14 bits per heavy atom. The third-order valence-corrected chi connectivity index (χ3v) is 3.76. The van der Waals surface area contributed by atoms with Crippen molar-refractivity contribution in [2.24, 2.45) is 5.92 Å². The molecule has 0 unspecified atom stereocenters. The van der Waals surface area contributed by atoms with Crippen LogP contribution in [-0.2, 0) is 16.0 Å². The van der Waals surface area contributed by atoms with Crippen molar-refractivity contribution in [1.82, 2.24) is 5.32 Å². The van der Waals surface area contributed by atoms with Gasteiger partial charge in [-0.05, 0) is 24.0 Å². The summed E-state index contributed by atoms with van der Waals surface area (Å²) < 4.78 is 5.22. The Labute approximate surface area is 124 Å². The summed E-state index contributed by atoms with van der Waals surface area (Å²) in [4.78, 5) is 24.2. The number of ether oxygens (including phenoxy) is 1. The minimum absolute atomic E-state index is 0.0103. The van der Waals surface area contributed by atoms with E-state index in [0.29, 0.717) is 18.4 Å². The van der Waals surface area contributed by atoms with Crippen LogP contribution in [-0.4, -0.2) is 35.7 Å². The number of rotatable bonds is 5. The van der Waals surface area contributed by atoms with Crippen molar-refractivity contribution in [1.29, 1.82) is 0 Å². The van der Waals surface area contributed by atoms with Crippen molar-refractivity contribution in [3.63, 3.8) is 0 Å². The molecule has 1 aromatic carbocycles. The summed E-state index contributed by atoms with van der Waals surface area (Å²) in [5.41, 5.74) is 1.36. The molecule has 1 aliphatic rings. The number of amides is 1. The highest BCUT2D eigenvalue weighted by atomic mass is 16.5. The van der Waals surface area contributed by atoms with Gasteiger partial charge in [-0.2, -0.15) is 0 Å². The SMILES string of the molecule is CC(C)[C@@H](CCO)NC(=O)[C@@H]1Cc2ccccc2C(=O)O1. The fourth-order valence-corrected chi connectivity index (χ4v) is 2.46. The molecule has 0 bridgehead atoms. The van der Waals surface area contributed by atoms with Gasteiger partial charge in [0.15, 0.2) is 6.10 Å². The lowest BCUT2D eigenvalue weighted by atomic mass is 9.97. The van der Waals surface area contributed by atoms with E-state index < -0.39 is 12.1 Å². The number of aliphatic hydroxyl groups is 1. The Hall–Kier alpha value is -1.88. The first-order chi connectivity index (χ1) is 10.0. The Kier molecular flexibility index (Phi) is 4.96. The molecule has 1 amide bonds. The molecular formula is C16H21NO4. The van der Waals surface area contributed by atoms with Crippen molar-refractivity contribution >= 4 is 11.9 Å². The first-order valence-corrected chi connectivity index (χ1v) is 7.23. The van der Waals surface area contributed by atoms with Crippen LogP contribution in [0.2, 0.25) is 0 Å². The van der Waals surface area contributed by atoms with Gasteiger partial charge in [-0.3, -0.25) is 4.79 Å². The third kappa shape index (κ3) is 3.61. The van der Waals surface area contributed by atoms with Gasteiger partial charge in [-0.15, -0.1) is 0 Å². The monoisotopic (exact) mass is 291 g/mol. The first-order valence-electron chi connectivity index (χ1n) is 7.23. The third-order valence-electron chi connectivity index (χ3n) is 3.76. The molecule has 2 rings (SSSR count). The van der Waals surface area contributed by atoms with Gasteiger partial charge in [-0.25, -0.2) is 4.79 Å². The number of aliphatic hydroxyl groups excluding tert-OH is 1. The fraction of sp³-hybridized carbons (Fsp3) is 0.500. The number of carbonyl (C=O) groups excluding carboxylic acids is 2. The van der Waals surface area contributed by atoms with E-state index in [9.17, 15) is 9.59 Å². The van der Waals surface area contributed by atoms with Crippen molar-refractivity contribution in [2.75, 3.05) is 6.61 Å². The number of cyclic esters (lactones) is 1. The average molecular weight is 291 g/mol. The number of fused-ring (bicyclic) bond motifs is 1. The van der Waals surface area contributed by atoms with Gasteiger partial charge in [0.1, 0.15) is 0 Å². The maximum atomic E-state index is 12.3. The second-order valence-corrected chi connectivity index (χ2v) is 5.63.